The number of nitrogens with zero attached hydrogens (tertiary/aromatic N) is 3. The molecule has 45 heavy (non-hydrogen) atoms. The second-order valence-corrected chi connectivity index (χ2v) is 11.8. The fraction of sp³-hybridized carbons (Fsp3) is 0.147. The van der Waals surface area contributed by atoms with E-state index in [1.54, 1.807) is 54.6 Å². The fourth-order valence-corrected chi connectivity index (χ4v) is 5.84. The van der Waals surface area contributed by atoms with Crippen LogP contribution < -0.4 is 19.3 Å². The van der Waals surface area contributed by atoms with Crippen LogP contribution in [0.15, 0.2) is 90.5 Å². The normalized spacial score (nSPS) is 13.2. The van der Waals surface area contributed by atoms with Crippen molar-refractivity contribution in [1.29, 1.82) is 0 Å². The van der Waals surface area contributed by atoms with E-state index in [0.717, 1.165) is 16.7 Å². The number of non-ortho nitro benzene ring substituents is 1. The zero-order chi connectivity index (χ0) is 32.2. The third kappa shape index (κ3) is 6.89. The molecule has 5 rings (SSSR count). The molecule has 0 bridgehead atoms. The summed E-state index contributed by atoms with van der Waals surface area (Å²) in [7, 11) is 0. The largest absolute Gasteiger partial charge is 0.490 e. The first-order valence-corrected chi connectivity index (χ1v) is 15.5. The van der Waals surface area contributed by atoms with Crippen molar-refractivity contribution < 1.29 is 24.0 Å². The zero-order valence-corrected chi connectivity index (χ0v) is 27.6. The molecule has 1 heterocycles. The Hall–Kier alpha value is -4.62. The first kappa shape index (κ1) is 31.8. The van der Waals surface area contributed by atoms with Gasteiger partial charge in [-0.05, 0) is 121 Å². The summed E-state index contributed by atoms with van der Waals surface area (Å²) in [6.45, 7) is 6.24. The number of nitro benzene ring substituents is 1. The number of hydrogen-bond donors (Lipinski definition) is 0. The molecule has 0 radical (unpaired) electrons. The smallest absolute Gasteiger partial charge is 0.270 e. The van der Waals surface area contributed by atoms with E-state index in [0.29, 0.717) is 38.6 Å². The molecule has 2 amide bonds. The number of ether oxygens (including phenoxy) is 2. The molecule has 0 saturated carbocycles. The van der Waals surface area contributed by atoms with Gasteiger partial charge in [0.2, 0.25) is 0 Å². The molecule has 1 saturated heterocycles. The molecule has 0 N–H and O–H groups in total. The predicted octanol–water partition coefficient (Wildman–Crippen LogP) is 7.54. The minimum atomic E-state index is -0.538. The molecule has 0 unspecified atom stereocenters. The number of amides is 2. The van der Waals surface area contributed by atoms with Gasteiger partial charge in [-0.15, -0.1) is 0 Å². The van der Waals surface area contributed by atoms with E-state index in [4.69, 9.17) is 21.7 Å². The average molecular weight is 734 g/mol. The molecule has 228 valence electrons. The highest BCUT2D eigenvalue weighted by molar-refractivity contribution is 14.1. The second kappa shape index (κ2) is 13.6. The molecule has 9 nitrogen and oxygen atoms in total. The van der Waals surface area contributed by atoms with Crippen molar-refractivity contribution in [2.24, 2.45) is 0 Å². The van der Waals surface area contributed by atoms with Gasteiger partial charge in [-0.3, -0.25) is 29.5 Å². The third-order valence-electron chi connectivity index (χ3n) is 7.01. The lowest BCUT2D eigenvalue weighted by molar-refractivity contribution is -0.384. The van der Waals surface area contributed by atoms with Crippen LogP contribution in [0.25, 0.3) is 6.08 Å². The lowest BCUT2D eigenvalue weighted by Gasteiger charge is -2.36. The Morgan fingerprint density at radius 3 is 1.87 bits per heavy atom. The van der Waals surface area contributed by atoms with E-state index in [9.17, 15) is 19.7 Å². The number of thiocarbonyl (C=S) groups is 1. The highest BCUT2D eigenvalue weighted by Gasteiger charge is 2.41. The standard InChI is InChI=1S/C34H28IN3O6S/c1-4-43-30-19-24(18-29(35)31(30)44-20-23-9-15-27(16-10-23)38(41)42)17-28-32(39)36(25-11-5-21(2)6-12-25)34(45)37(33(28)40)26-13-7-22(3)8-14-26/h5-19H,4,20H2,1-3H3. The SMILES string of the molecule is CCOc1cc(C=C2C(=O)N(c3ccc(C)cc3)C(=S)N(c3ccc(C)cc3)C2=O)cc(I)c1OCc1ccc([N+](=O)[O-])cc1. The molecule has 1 fully saturated rings. The van der Waals surface area contributed by atoms with Crippen LogP contribution in [0, 0.1) is 27.5 Å². The van der Waals surface area contributed by atoms with Gasteiger partial charge in [0.15, 0.2) is 16.6 Å². The van der Waals surface area contributed by atoms with Crippen LogP contribution in [-0.4, -0.2) is 28.5 Å². The first-order valence-electron chi connectivity index (χ1n) is 14.0. The number of benzene rings is 4. The summed E-state index contributed by atoms with van der Waals surface area (Å²) in [6.07, 6.45) is 1.54. The summed E-state index contributed by atoms with van der Waals surface area (Å²) in [5.74, 6) is -0.175. The highest BCUT2D eigenvalue weighted by atomic mass is 127. The van der Waals surface area contributed by atoms with E-state index < -0.39 is 16.7 Å². The van der Waals surface area contributed by atoms with Crippen LogP contribution in [0.3, 0.4) is 0 Å². The number of rotatable bonds is 9. The maximum absolute atomic E-state index is 14.0. The maximum Gasteiger partial charge on any atom is 0.270 e. The fourth-order valence-electron chi connectivity index (χ4n) is 4.68. The topological polar surface area (TPSA) is 102 Å². The molecule has 0 spiro atoms. The first-order chi connectivity index (χ1) is 21.6. The molecule has 0 aliphatic carbocycles. The van der Waals surface area contributed by atoms with Gasteiger partial charge >= 0.3 is 0 Å². The molecule has 4 aromatic rings. The lowest BCUT2D eigenvalue weighted by Crippen LogP contribution is -2.56. The van der Waals surface area contributed by atoms with Crippen molar-refractivity contribution in [3.8, 4) is 11.5 Å². The molecule has 1 aliphatic heterocycles. The van der Waals surface area contributed by atoms with Crippen molar-refractivity contribution in [2.75, 3.05) is 16.4 Å². The Morgan fingerprint density at radius 1 is 0.844 bits per heavy atom. The molecule has 4 aromatic carbocycles. The molecule has 1 aliphatic rings. The van der Waals surface area contributed by atoms with Crippen molar-refractivity contribution >= 4 is 74.9 Å². The van der Waals surface area contributed by atoms with Crippen LogP contribution in [0.2, 0.25) is 0 Å². The second-order valence-electron chi connectivity index (χ2n) is 10.3. The molecule has 0 atom stereocenters. The van der Waals surface area contributed by atoms with E-state index >= 15 is 0 Å². The summed E-state index contributed by atoms with van der Waals surface area (Å²) in [6, 6.07) is 24.3. The highest BCUT2D eigenvalue weighted by Crippen LogP contribution is 2.37. The van der Waals surface area contributed by atoms with E-state index in [1.165, 1.54) is 21.9 Å². The van der Waals surface area contributed by atoms with Gasteiger partial charge < -0.3 is 9.47 Å². The minimum Gasteiger partial charge on any atom is -0.490 e. The van der Waals surface area contributed by atoms with Gasteiger partial charge in [0.1, 0.15) is 12.2 Å². The monoisotopic (exact) mass is 733 g/mol. The lowest BCUT2D eigenvalue weighted by atomic mass is 10.0. The maximum atomic E-state index is 14.0. The number of carbonyl (C=O) groups excluding carboxylic acids is 2. The number of aryl methyl sites for hydroxylation is 2. The Balaban J connectivity index is 1.53. The van der Waals surface area contributed by atoms with Crippen molar-refractivity contribution in [1.82, 2.24) is 0 Å². The summed E-state index contributed by atoms with van der Waals surface area (Å²) in [4.78, 5) is 41.2. The van der Waals surface area contributed by atoms with Crippen molar-refractivity contribution in [3.05, 3.63) is 126 Å². The summed E-state index contributed by atoms with van der Waals surface area (Å²) in [5.41, 5.74) is 4.36. The third-order valence-corrected chi connectivity index (χ3v) is 8.17. The van der Waals surface area contributed by atoms with Crippen LogP contribution in [0.5, 0.6) is 11.5 Å². The number of carbonyl (C=O) groups is 2. The van der Waals surface area contributed by atoms with E-state index in [1.807, 2.05) is 45.0 Å². The van der Waals surface area contributed by atoms with Crippen molar-refractivity contribution in [2.45, 2.75) is 27.4 Å². The van der Waals surface area contributed by atoms with Crippen LogP contribution in [0.4, 0.5) is 17.1 Å². The van der Waals surface area contributed by atoms with Gasteiger partial charge in [-0.2, -0.15) is 0 Å². The van der Waals surface area contributed by atoms with Crippen LogP contribution in [0.1, 0.15) is 29.2 Å². The summed E-state index contributed by atoms with van der Waals surface area (Å²) < 4.78 is 12.7. The molecule has 0 aromatic heterocycles. The number of nitro groups is 1. The zero-order valence-electron chi connectivity index (χ0n) is 24.7. The number of halogens is 1. The van der Waals surface area contributed by atoms with Gasteiger partial charge in [0, 0.05) is 12.1 Å². The quantitative estimate of drug-likeness (QED) is 0.0438. The van der Waals surface area contributed by atoms with E-state index in [-0.39, 0.29) is 23.0 Å². The molecular weight excluding hydrogens is 705 g/mol. The minimum absolute atomic E-state index is 0.00446. The Labute approximate surface area is 279 Å². The van der Waals surface area contributed by atoms with Crippen molar-refractivity contribution in [3.63, 3.8) is 0 Å². The van der Waals surface area contributed by atoms with Gasteiger partial charge in [-0.1, -0.05) is 35.4 Å². The number of hydrogen-bond acceptors (Lipinski definition) is 7. The van der Waals surface area contributed by atoms with Gasteiger partial charge in [0.25, 0.3) is 17.5 Å². The Kier molecular flexibility index (Phi) is 9.59. The molecular formula is C34H28IN3O6S. The Bertz CT molecular complexity index is 1750. The summed E-state index contributed by atoms with van der Waals surface area (Å²) in [5, 5.41) is 11.1. The summed E-state index contributed by atoms with van der Waals surface area (Å²) >= 11 is 7.86. The Morgan fingerprint density at radius 2 is 1.38 bits per heavy atom. The van der Waals surface area contributed by atoms with Gasteiger partial charge in [-0.25, -0.2) is 0 Å². The average Bonchev–Trinajstić information content (AvgIpc) is 3.01. The van der Waals surface area contributed by atoms with Gasteiger partial charge in [0.05, 0.1) is 26.5 Å². The predicted molar refractivity (Wildman–Crippen MR) is 186 cm³/mol. The molecule has 11 heteroatoms. The van der Waals surface area contributed by atoms with Crippen LogP contribution >= 0.6 is 34.8 Å². The number of anilines is 2. The van der Waals surface area contributed by atoms with Crippen LogP contribution in [-0.2, 0) is 16.2 Å². The van der Waals surface area contributed by atoms with E-state index in [2.05, 4.69) is 22.6 Å².